The van der Waals surface area contributed by atoms with Gasteiger partial charge in [0.2, 0.25) is 17.7 Å². The lowest BCUT2D eigenvalue weighted by Crippen LogP contribution is -2.43. The van der Waals surface area contributed by atoms with Crippen LogP contribution in [0.4, 0.5) is 0 Å². The molecule has 0 aromatic carbocycles. The van der Waals surface area contributed by atoms with E-state index in [1.54, 1.807) is 11.8 Å². The fraction of sp³-hybridized carbons (Fsp3) is 0.812. The number of hydrogen-bond donors (Lipinski definition) is 1. The van der Waals surface area contributed by atoms with E-state index in [2.05, 4.69) is 15.1 Å². The van der Waals surface area contributed by atoms with E-state index in [-0.39, 0.29) is 24.0 Å². The number of β-amino-alcohol motifs (C(OH)–C–C–N with tert-alkyl or cyclic N) is 1. The molecule has 0 bridgehead atoms. The quantitative estimate of drug-likeness (QED) is 0.820. The average Bonchev–Trinajstić information content (AvgIpc) is 3.25. The Morgan fingerprint density at radius 3 is 2.79 bits per heavy atom. The third-order valence-corrected chi connectivity index (χ3v) is 5.05. The van der Waals surface area contributed by atoms with E-state index in [9.17, 15) is 9.90 Å². The number of aliphatic hydroxyl groups excluding tert-OH is 1. The average molecular weight is 338 g/mol. The Morgan fingerprint density at radius 2 is 2.21 bits per heavy atom. The predicted molar refractivity (Wildman–Crippen MR) is 85.0 cm³/mol. The highest BCUT2D eigenvalue weighted by Crippen LogP contribution is 2.26. The molecule has 1 aromatic rings. The molecule has 2 aliphatic rings. The minimum absolute atomic E-state index is 0.0441. The lowest BCUT2D eigenvalue weighted by molar-refractivity contribution is -0.136. The summed E-state index contributed by atoms with van der Waals surface area (Å²) in [5, 5.41) is 18.3. The van der Waals surface area contributed by atoms with E-state index >= 15 is 0 Å². The van der Waals surface area contributed by atoms with Crippen LogP contribution in [0.25, 0.3) is 0 Å². The first-order valence-electron chi connectivity index (χ1n) is 8.61. The van der Waals surface area contributed by atoms with Gasteiger partial charge in [-0.25, -0.2) is 0 Å². The molecule has 0 saturated carbocycles. The summed E-state index contributed by atoms with van der Waals surface area (Å²) in [6.07, 6.45) is 0.142. The van der Waals surface area contributed by atoms with Gasteiger partial charge in [0.15, 0.2) is 0 Å². The first-order valence-corrected chi connectivity index (χ1v) is 8.61. The highest BCUT2D eigenvalue weighted by molar-refractivity contribution is 5.80. The Hall–Kier alpha value is -1.51. The maximum absolute atomic E-state index is 12.7. The van der Waals surface area contributed by atoms with Gasteiger partial charge in [0.1, 0.15) is 0 Å². The van der Waals surface area contributed by atoms with Crippen LogP contribution in [0.3, 0.4) is 0 Å². The van der Waals surface area contributed by atoms with Crippen molar-refractivity contribution < 1.29 is 19.1 Å². The molecule has 1 N–H and O–H groups in total. The number of amides is 1. The molecule has 2 fully saturated rings. The number of nitrogens with zero attached hydrogens (tertiary/aromatic N) is 4. The number of likely N-dealkylation sites (N-methyl/N-ethyl adjacent to an activating group) is 1. The van der Waals surface area contributed by atoms with E-state index in [1.807, 2.05) is 13.8 Å². The van der Waals surface area contributed by atoms with Crippen molar-refractivity contribution in [2.24, 2.45) is 5.92 Å². The van der Waals surface area contributed by atoms with Crippen LogP contribution >= 0.6 is 0 Å². The fourth-order valence-corrected chi connectivity index (χ4v) is 3.64. The zero-order valence-electron chi connectivity index (χ0n) is 14.5. The lowest BCUT2D eigenvalue weighted by Gasteiger charge is -2.28. The fourth-order valence-electron chi connectivity index (χ4n) is 3.64. The largest absolute Gasteiger partial charge is 0.424 e. The SMILES string of the molecule is CCN(Cc1nnc(C)o1)[C@@H]1CN(C(=O)[C@@H]2CCO[C@H]2C)C[C@H]1O. The number of rotatable bonds is 5. The summed E-state index contributed by atoms with van der Waals surface area (Å²) in [4.78, 5) is 16.6. The molecule has 8 nitrogen and oxygen atoms in total. The first kappa shape index (κ1) is 17.3. The second kappa shape index (κ2) is 7.16. The third kappa shape index (κ3) is 3.45. The van der Waals surface area contributed by atoms with E-state index < -0.39 is 6.10 Å². The zero-order chi connectivity index (χ0) is 17.3. The van der Waals surface area contributed by atoms with Crippen LogP contribution in [0.1, 0.15) is 32.0 Å². The van der Waals surface area contributed by atoms with Crippen LogP contribution in [0.5, 0.6) is 0 Å². The smallest absolute Gasteiger partial charge is 0.230 e. The summed E-state index contributed by atoms with van der Waals surface area (Å²) in [6.45, 7) is 8.44. The molecule has 0 radical (unpaired) electrons. The number of aryl methyl sites for hydroxylation is 1. The Kier molecular flexibility index (Phi) is 5.17. The van der Waals surface area contributed by atoms with Crippen molar-refractivity contribution >= 4 is 5.91 Å². The van der Waals surface area contributed by atoms with Gasteiger partial charge in [0.25, 0.3) is 0 Å². The van der Waals surface area contributed by atoms with Gasteiger partial charge >= 0.3 is 0 Å². The van der Waals surface area contributed by atoms with Crippen molar-refractivity contribution in [3.63, 3.8) is 0 Å². The molecule has 0 spiro atoms. The third-order valence-electron chi connectivity index (χ3n) is 5.05. The molecule has 0 aliphatic carbocycles. The van der Waals surface area contributed by atoms with Gasteiger partial charge in [-0.1, -0.05) is 6.92 Å². The molecule has 2 saturated heterocycles. The van der Waals surface area contributed by atoms with Gasteiger partial charge in [-0.15, -0.1) is 10.2 Å². The number of hydrogen-bond acceptors (Lipinski definition) is 7. The molecular formula is C16H26N4O4. The minimum Gasteiger partial charge on any atom is -0.424 e. The van der Waals surface area contributed by atoms with Crippen molar-refractivity contribution in [2.75, 3.05) is 26.2 Å². The molecule has 1 amide bonds. The molecule has 4 atom stereocenters. The van der Waals surface area contributed by atoms with Gasteiger partial charge in [0, 0.05) is 26.6 Å². The molecule has 3 rings (SSSR count). The Labute approximate surface area is 141 Å². The summed E-state index contributed by atoms with van der Waals surface area (Å²) in [7, 11) is 0. The number of aromatic nitrogens is 2. The summed E-state index contributed by atoms with van der Waals surface area (Å²) < 4.78 is 10.9. The normalized spacial score (nSPS) is 30.5. The van der Waals surface area contributed by atoms with E-state index in [0.717, 1.165) is 13.0 Å². The molecule has 134 valence electrons. The summed E-state index contributed by atoms with van der Waals surface area (Å²) in [5.41, 5.74) is 0. The summed E-state index contributed by atoms with van der Waals surface area (Å²) in [5.74, 6) is 1.06. The van der Waals surface area contributed by atoms with Gasteiger partial charge in [-0.3, -0.25) is 9.69 Å². The van der Waals surface area contributed by atoms with Crippen LogP contribution in [0.15, 0.2) is 4.42 Å². The molecule has 24 heavy (non-hydrogen) atoms. The van der Waals surface area contributed by atoms with Crippen molar-refractivity contribution in [3.8, 4) is 0 Å². The lowest BCUT2D eigenvalue weighted by atomic mass is 10.0. The number of aliphatic hydroxyl groups is 1. The van der Waals surface area contributed by atoms with Crippen molar-refractivity contribution in [1.82, 2.24) is 20.0 Å². The van der Waals surface area contributed by atoms with Crippen LogP contribution in [-0.4, -0.2) is 75.5 Å². The van der Waals surface area contributed by atoms with Crippen LogP contribution in [-0.2, 0) is 16.1 Å². The Balaban J connectivity index is 1.64. The highest BCUT2D eigenvalue weighted by atomic mass is 16.5. The van der Waals surface area contributed by atoms with E-state index in [4.69, 9.17) is 9.15 Å². The number of carbonyl (C=O) groups is 1. The van der Waals surface area contributed by atoms with E-state index in [0.29, 0.717) is 38.0 Å². The molecule has 1 aromatic heterocycles. The van der Waals surface area contributed by atoms with Gasteiger partial charge in [-0.2, -0.15) is 0 Å². The second-order valence-corrected chi connectivity index (χ2v) is 6.63. The summed E-state index contributed by atoms with van der Waals surface area (Å²) >= 11 is 0. The predicted octanol–water partition coefficient (Wildman–Crippen LogP) is 0.197. The molecule has 2 aliphatic heterocycles. The minimum atomic E-state index is -0.574. The molecule has 8 heteroatoms. The van der Waals surface area contributed by atoms with Crippen LogP contribution in [0.2, 0.25) is 0 Å². The number of likely N-dealkylation sites (tertiary alicyclic amines) is 1. The summed E-state index contributed by atoms with van der Waals surface area (Å²) in [6, 6.07) is -0.121. The van der Waals surface area contributed by atoms with Gasteiger partial charge < -0.3 is 19.2 Å². The van der Waals surface area contributed by atoms with E-state index in [1.165, 1.54) is 0 Å². The van der Waals surface area contributed by atoms with Gasteiger partial charge in [-0.05, 0) is 19.9 Å². The maximum Gasteiger partial charge on any atom is 0.230 e. The Bertz CT molecular complexity index is 578. The second-order valence-electron chi connectivity index (χ2n) is 6.63. The van der Waals surface area contributed by atoms with Crippen molar-refractivity contribution in [2.45, 2.75) is 52.0 Å². The number of ether oxygens (including phenoxy) is 1. The van der Waals surface area contributed by atoms with Gasteiger partial charge in [0.05, 0.1) is 30.7 Å². The van der Waals surface area contributed by atoms with Crippen LogP contribution < -0.4 is 0 Å². The maximum atomic E-state index is 12.7. The molecular weight excluding hydrogens is 312 g/mol. The molecule has 0 unspecified atom stereocenters. The molecule has 3 heterocycles. The highest BCUT2D eigenvalue weighted by Gasteiger charge is 2.41. The standard InChI is InChI=1S/C16H26N4O4/c1-4-19(9-15-18-17-11(3)24-15)13-7-20(8-14(13)21)16(22)12-5-6-23-10(12)2/h10,12-14,21H,4-9H2,1-3H3/t10-,12+,13+,14+/m0/s1. The number of carbonyl (C=O) groups excluding carboxylic acids is 1. The van der Waals surface area contributed by atoms with Crippen molar-refractivity contribution in [3.05, 3.63) is 11.8 Å². The van der Waals surface area contributed by atoms with Crippen molar-refractivity contribution in [1.29, 1.82) is 0 Å². The first-order chi connectivity index (χ1) is 11.5. The van der Waals surface area contributed by atoms with Crippen LogP contribution in [0, 0.1) is 12.8 Å². The zero-order valence-corrected chi connectivity index (χ0v) is 14.5. The topological polar surface area (TPSA) is 91.9 Å². The monoisotopic (exact) mass is 338 g/mol. The Morgan fingerprint density at radius 1 is 1.42 bits per heavy atom.